The van der Waals surface area contributed by atoms with Crippen molar-refractivity contribution in [3.05, 3.63) is 33.8 Å². The van der Waals surface area contributed by atoms with Gasteiger partial charge in [0.1, 0.15) is 0 Å². The second-order valence-corrected chi connectivity index (χ2v) is 4.25. The number of hydrogen-bond donors (Lipinski definition) is 2. The molecule has 1 aromatic carbocycles. The molecule has 0 aliphatic carbocycles. The van der Waals surface area contributed by atoms with Crippen molar-refractivity contribution >= 4 is 40.1 Å². The molecule has 1 rings (SSSR count). The fourth-order valence-electron chi connectivity index (χ4n) is 0.794. The van der Waals surface area contributed by atoms with E-state index in [1.807, 2.05) is 6.07 Å². The van der Waals surface area contributed by atoms with Crippen LogP contribution in [0.3, 0.4) is 0 Å². The minimum absolute atomic E-state index is 0. The highest BCUT2D eigenvalue weighted by atomic mass is 79.9. The van der Waals surface area contributed by atoms with Crippen molar-refractivity contribution in [2.24, 2.45) is 5.73 Å². The average Bonchev–Trinajstić information content (AvgIpc) is 2.02. The van der Waals surface area contributed by atoms with Crippen LogP contribution in [0.5, 0.6) is 0 Å². The van der Waals surface area contributed by atoms with E-state index in [9.17, 15) is 0 Å². The highest BCUT2D eigenvalue weighted by Gasteiger charge is 2.01. The highest BCUT2D eigenvalue weighted by Crippen LogP contribution is 2.24. The van der Waals surface area contributed by atoms with Crippen molar-refractivity contribution < 1.29 is 17.0 Å². The molecule has 0 saturated carbocycles. The first-order valence-electron chi connectivity index (χ1n) is 3.50. The molecule has 0 radical (unpaired) electrons. The molecule has 14 heavy (non-hydrogen) atoms. The van der Waals surface area contributed by atoms with E-state index in [0.717, 1.165) is 5.56 Å². The normalized spacial score (nSPS) is 9.29. The van der Waals surface area contributed by atoms with Crippen LogP contribution in [0.2, 0.25) is 10.0 Å². The van der Waals surface area contributed by atoms with Crippen molar-refractivity contribution in [3.63, 3.8) is 0 Å². The maximum absolute atomic E-state index is 7.03. The van der Waals surface area contributed by atoms with Gasteiger partial charge in [-0.25, -0.2) is 0 Å². The molecule has 0 heterocycles. The summed E-state index contributed by atoms with van der Waals surface area (Å²) < 4.78 is 0. The number of rotatable bonds is 2. The predicted molar refractivity (Wildman–Crippen MR) is 59.7 cm³/mol. The lowest BCUT2D eigenvalue weighted by atomic mass is 10.2. The maximum Gasteiger partial charge on any atom is 0.151 e. The van der Waals surface area contributed by atoms with Gasteiger partial charge in [0.15, 0.2) is 5.17 Å². The van der Waals surface area contributed by atoms with E-state index in [1.165, 1.54) is 11.8 Å². The molecular formula is C8H8BrCl2N2S-. The average molecular weight is 315 g/mol. The van der Waals surface area contributed by atoms with Crippen LogP contribution >= 0.6 is 35.0 Å². The highest BCUT2D eigenvalue weighted by molar-refractivity contribution is 8.13. The third kappa shape index (κ3) is 4.55. The molecule has 0 aliphatic heterocycles. The monoisotopic (exact) mass is 313 g/mol. The van der Waals surface area contributed by atoms with E-state index in [1.54, 1.807) is 12.1 Å². The Morgan fingerprint density at radius 1 is 1.43 bits per heavy atom. The van der Waals surface area contributed by atoms with E-state index in [-0.39, 0.29) is 22.1 Å². The summed E-state index contributed by atoms with van der Waals surface area (Å²) in [4.78, 5) is 0. The van der Waals surface area contributed by atoms with Crippen molar-refractivity contribution in [3.8, 4) is 0 Å². The molecule has 0 spiro atoms. The molecule has 2 nitrogen and oxygen atoms in total. The summed E-state index contributed by atoms with van der Waals surface area (Å²) in [5, 5.41) is 8.34. The molecule has 0 aromatic heterocycles. The van der Waals surface area contributed by atoms with Gasteiger partial charge in [0.05, 0.1) is 0 Å². The van der Waals surface area contributed by atoms with Crippen molar-refractivity contribution in [1.82, 2.24) is 0 Å². The Bertz CT molecular complexity index is 333. The summed E-state index contributed by atoms with van der Waals surface area (Å²) in [6, 6.07) is 5.28. The molecule has 0 aliphatic rings. The molecule has 0 atom stereocenters. The minimum Gasteiger partial charge on any atom is -1.00 e. The van der Waals surface area contributed by atoms with E-state index in [4.69, 9.17) is 34.3 Å². The van der Waals surface area contributed by atoms with Crippen LogP contribution in [0.4, 0.5) is 0 Å². The zero-order valence-corrected chi connectivity index (χ0v) is 11.0. The van der Waals surface area contributed by atoms with Crippen LogP contribution in [0.15, 0.2) is 18.2 Å². The smallest absolute Gasteiger partial charge is 0.151 e. The Morgan fingerprint density at radius 3 is 2.57 bits per heavy atom. The molecule has 0 amide bonds. The van der Waals surface area contributed by atoms with Gasteiger partial charge >= 0.3 is 0 Å². The van der Waals surface area contributed by atoms with Gasteiger partial charge in [-0.3, -0.25) is 5.41 Å². The predicted octanol–water partition coefficient (Wildman–Crippen LogP) is 0.124. The topological polar surface area (TPSA) is 49.9 Å². The molecule has 0 bridgehead atoms. The number of nitrogens with two attached hydrogens (primary N) is 1. The summed E-state index contributed by atoms with van der Waals surface area (Å²) in [6.45, 7) is 0. The van der Waals surface area contributed by atoms with Gasteiger partial charge in [-0.15, -0.1) is 0 Å². The third-order valence-electron chi connectivity index (χ3n) is 1.40. The van der Waals surface area contributed by atoms with Gasteiger partial charge in [-0.1, -0.05) is 41.0 Å². The van der Waals surface area contributed by atoms with Crippen LogP contribution in [-0.2, 0) is 5.75 Å². The second-order valence-electron chi connectivity index (χ2n) is 2.39. The first-order valence-corrected chi connectivity index (χ1v) is 5.24. The standard InChI is InChI=1S/C8H8Cl2N2S.BrH/c9-6-2-1-5(7(10)3-6)4-13-8(11)12;/h1-3H,4H2,(H3,11,12);1H/p-1. The van der Waals surface area contributed by atoms with E-state index >= 15 is 0 Å². The molecule has 78 valence electrons. The van der Waals surface area contributed by atoms with Gasteiger partial charge < -0.3 is 22.7 Å². The quantitative estimate of drug-likeness (QED) is 0.602. The van der Waals surface area contributed by atoms with Gasteiger partial charge in [-0.05, 0) is 17.7 Å². The SMILES string of the molecule is N=C(N)SCc1ccc(Cl)cc1Cl.[Br-]. The molecule has 1 aromatic rings. The van der Waals surface area contributed by atoms with Gasteiger partial charge in [-0.2, -0.15) is 0 Å². The van der Waals surface area contributed by atoms with Crippen LogP contribution in [0, 0.1) is 5.41 Å². The zero-order chi connectivity index (χ0) is 9.84. The molecule has 3 N–H and O–H groups in total. The number of thioether (sulfide) groups is 1. The van der Waals surface area contributed by atoms with Crippen LogP contribution in [0.1, 0.15) is 5.56 Å². The zero-order valence-electron chi connectivity index (χ0n) is 7.06. The first-order chi connectivity index (χ1) is 6.09. The van der Waals surface area contributed by atoms with Gasteiger partial charge in [0.25, 0.3) is 0 Å². The fraction of sp³-hybridized carbons (Fsp3) is 0.125. The van der Waals surface area contributed by atoms with Crippen LogP contribution in [0.25, 0.3) is 0 Å². The number of benzene rings is 1. The van der Waals surface area contributed by atoms with Crippen molar-refractivity contribution in [1.29, 1.82) is 5.41 Å². The summed E-state index contributed by atoms with van der Waals surface area (Å²) >= 11 is 12.9. The lowest BCUT2D eigenvalue weighted by Gasteiger charge is -2.02. The Morgan fingerprint density at radius 2 is 2.07 bits per heavy atom. The number of nitrogens with one attached hydrogen (secondary N) is 1. The Labute approximate surface area is 107 Å². The molecule has 6 heteroatoms. The minimum atomic E-state index is 0. The van der Waals surface area contributed by atoms with Crippen molar-refractivity contribution in [2.75, 3.05) is 0 Å². The van der Waals surface area contributed by atoms with E-state index < -0.39 is 0 Å². The van der Waals surface area contributed by atoms with Crippen LogP contribution in [-0.4, -0.2) is 5.17 Å². The summed E-state index contributed by atoms with van der Waals surface area (Å²) in [7, 11) is 0. The molecule has 0 unspecified atom stereocenters. The van der Waals surface area contributed by atoms with E-state index in [2.05, 4.69) is 0 Å². The van der Waals surface area contributed by atoms with Crippen molar-refractivity contribution in [2.45, 2.75) is 5.75 Å². The number of amidine groups is 1. The first kappa shape index (κ1) is 14.1. The van der Waals surface area contributed by atoms with E-state index in [0.29, 0.717) is 15.8 Å². The Kier molecular flexibility index (Phi) is 6.61. The number of halogens is 3. The lowest BCUT2D eigenvalue weighted by Crippen LogP contribution is -3.00. The summed E-state index contributed by atoms with van der Waals surface area (Å²) in [5.41, 5.74) is 6.13. The maximum atomic E-state index is 7.03. The fourth-order valence-corrected chi connectivity index (χ4v) is 1.91. The third-order valence-corrected chi connectivity index (χ3v) is 2.75. The summed E-state index contributed by atoms with van der Waals surface area (Å²) in [5.74, 6) is 0.603. The largest absolute Gasteiger partial charge is 1.00 e. The van der Waals surface area contributed by atoms with Crippen LogP contribution < -0.4 is 22.7 Å². The van der Waals surface area contributed by atoms with Gasteiger partial charge in [0, 0.05) is 15.8 Å². The molecule has 0 fully saturated rings. The summed E-state index contributed by atoms with van der Waals surface area (Å²) in [6.07, 6.45) is 0. The Hall–Kier alpha value is 0.1000. The second kappa shape index (κ2) is 6.56. The molecule has 0 saturated heterocycles. The lowest BCUT2D eigenvalue weighted by molar-refractivity contribution is -0.00000277. The molecular weight excluding hydrogens is 307 g/mol. The Balaban J connectivity index is 0.00000169. The van der Waals surface area contributed by atoms with Gasteiger partial charge in [0.2, 0.25) is 0 Å². The number of hydrogen-bond acceptors (Lipinski definition) is 2.